The van der Waals surface area contributed by atoms with Gasteiger partial charge >= 0.3 is 0 Å². The standard InChI is InChI=1S/C30H26ClN3OS/c1-20-14-15-28-25(16-20)26(21(2)34(28)18-23-9-4-6-12-27(23)31)17-32-33-30(35)19-36-29-13-7-10-22-8-3-5-11-24(22)29/h3-17H,18-19H2,1-2H3,(H,33,35)/b32-17-. The van der Waals surface area contributed by atoms with Crippen molar-refractivity contribution in [2.75, 3.05) is 5.75 Å². The number of thioether (sulfide) groups is 1. The number of hydrazone groups is 1. The van der Waals surface area contributed by atoms with Crippen LogP contribution < -0.4 is 5.43 Å². The lowest BCUT2D eigenvalue weighted by Crippen LogP contribution is -2.19. The van der Waals surface area contributed by atoms with Crippen LogP contribution in [0.2, 0.25) is 5.02 Å². The molecule has 5 rings (SSSR count). The molecule has 4 aromatic carbocycles. The van der Waals surface area contributed by atoms with Gasteiger partial charge in [0.2, 0.25) is 5.91 Å². The van der Waals surface area contributed by atoms with Gasteiger partial charge in [-0.3, -0.25) is 4.79 Å². The summed E-state index contributed by atoms with van der Waals surface area (Å²) in [7, 11) is 0. The summed E-state index contributed by atoms with van der Waals surface area (Å²) in [6.07, 6.45) is 1.75. The Balaban J connectivity index is 1.34. The Bertz CT molecular complexity index is 1600. The minimum atomic E-state index is -0.141. The van der Waals surface area contributed by atoms with E-state index in [0.29, 0.717) is 6.54 Å². The average molecular weight is 512 g/mol. The van der Waals surface area contributed by atoms with Crippen LogP contribution in [0.4, 0.5) is 0 Å². The van der Waals surface area contributed by atoms with E-state index < -0.39 is 0 Å². The normalized spacial score (nSPS) is 11.5. The Morgan fingerprint density at radius 2 is 1.75 bits per heavy atom. The van der Waals surface area contributed by atoms with Crippen LogP contribution in [0.3, 0.4) is 0 Å². The SMILES string of the molecule is Cc1ccc2c(c1)c(/C=N\NC(=O)CSc1cccc3ccccc13)c(C)n2Cc1ccccc1Cl. The zero-order valence-electron chi connectivity index (χ0n) is 20.2. The van der Waals surface area contributed by atoms with Crippen LogP contribution in [0.25, 0.3) is 21.7 Å². The van der Waals surface area contributed by atoms with E-state index in [9.17, 15) is 4.79 Å². The number of hydrogen-bond donors (Lipinski definition) is 1. The van der Waals surface area contributed by atoms with Crippen molar-refractivity contribution in [3.05, 3.63) is 112 Å². The minimum absolute atomic E-state index is 0.141. The first-order valence-corrected chi connectivity index (χ1v) is 13.1. The maximum atomic E-state index is 12.6. The van der Waals surface area contributed by atoms with Gasteiger partial charge in [0.25, 0.3) is 0 Å². The fourth-order valence-corrected chi connectivity index (χ4v) is 5.51. The largest absolute Gasteiger partial charge is 0.340 e. The van der Waals surface area contributed by atoms with Gasteiger partial charge in [-0.05, 0) is 54.4 Å². The number of fused-ring (bicyclic) bond motifs is 2. The van der Waals surface area contributed by atoms with Gasteiger partial charge in [-0.2, -0.15) is 5.10 Å². The van der Waals surface area contributed by atoms with Crippen molar-refractivity contribution < 1.29 is 4.79 Å². The highest BCUT2D eigenvalue weighted by Crippen LogP contribution is 2.29. The van der Waals surface area contributed by atoms with Crippen LogP contribution in [0.5, 0.6) is 0 Å². The first-order chi connectivity index (χ1) is 17.5. The van der Waals surface area contributed by atoms with Crippen LogP contribution >= 0.6 is 23.4 Å². The number of aromatic nitrogens is 1. The predicted molar refractivity (Wildman–Crippen MR) is 152 cm³/mol. The Hall–Kier alpha value is -3.54. The molecule has 0 unspecified atom stereocenters. The van der Waals surface area contributed by atoms with Crippen molar-refractivity contribution in [3.8, 4) is 0 Å². The van der Waals surface area contributed by atoms with Crippen molar-refractivity contribution in [3.63, 3.8) is 0 Å². The maximum absolute atomic E-state index is 12.6. The fourth-order valence-electron chi connectivity index (χ4n) is 4.45. The Morgan fingerprint density at radius 3 is 2.61 bits per heavy atom. The zero-order valence-corrected chi connectivity index (χ0v) is 21.7. The van der Waals surface area contributed by atoms with Crippen LogP contribution in [-0.2, 0) is 11.3 Å². The third kappa shape index (κ3) is 5.03. The summed E-state index contributed by atoms with van der Waals surface area (Å²) in [5, 5.41) is 8.48. The van der Waals surface area contributed by atoms with Crippen LogP contribution in [0.1, 0.15) is 22.4 Å². The molecular weight excluding hydrogens is 486 g/mol. The summed E-state index contributed by atoms with van der Waals surface area (Å²) in [6, 6.07) is 28.6. The minimum Gasteiger partial charge on any atom is -0.340 e. The molecule has 1 amide bonds. The Kier molecular flexibility index (Phi) is 7.12. The van der Waals surface area contributed by atoms with Crippen molar-refractivity contribution >= 4 is 57.2 Å². The molecule has 36 heavy (non-hydrogen) atoms. The molecule has 0 bridgehead atoms. The number of rotatable bonds is 7. The highest BCUT2D eigenvalue weighted by atomic mass is 35.5. The molecule has 0 aliphatic rings. The Labute approximate surface area is 220 Å². The van der Waals surface area contributed by atoms with Gasteiger partial charge in [0.05, 0.1) is 12.0 Å². The number of nitrogens with one attached hydrogen (secondary N) is 1. The van der Waals surface area contributed by atoms with Gasteiger partial charge in [0.1, 0.15) is 0 Å². The third-order valence-electron chi connectivity index (χ3n) is 6.31. The maximum Gasteiger partial charge on any atom is 0.250 e. The number of carbonyl (C=O) groups is 1. The molecule has 1 aromatic heterocycles. The van der Waals surface area contributed by atoms with Gasteiger partial charge in [-0.25, -0.2) is 5.43 Å². The molecule has 0 atom stereocenters. The molecule has 0 aliphatic heterocycles. The second kappa shape index (κ2) is 10.6. The molecule has 0 fully saturated rings. The summed E-state index contributed by atoms with van der Waals surface area (Å²) in [5.74, 6) is 0.148. The van der Waals surface area contributed by atoms with Crippen LogP contribution in [0.15, 0.2) is 94.9 Å². The number of halogens is 1. The summed E-state index contributed by atoms with van der Waals surface area (Å²) in [6.45, 7) is 4.81. The molecule has 1 N–H and O–H groups in total. The topological polar surface area (TPSA) is 46.4 Å². The lowest BCUT2D eigenvalue weighted by atomic mass is 10.1. The van der Waals surface area contributed by atoms with E-state index in [4.69, 9.17) is 11.6 Å². The van der Waals surface area contributed by atoms with Gasteiger partial charge in [0, 0.05) is 38.6 Å². The quantitative estimate of drug-likeness (QED) is 0.141. The molecule has 180 valence electrons. The van der Waals surface area contributed by atoms with Crippen LogP contribution in [0, 0.1) is 13.8 Å². The molecule has 0 aliphatic carbocycles. The van der Waals surface area contributed by atoms with E-state index in [1.165, 1.54) is 22.7 Å². The van der Waals surface area contributed by atoms with Crippen molar-refractivity contribution in [1.29, 1.82) is 0 Å². The summed E-state index contributed by atoms with van der Waals surface area (Å²) < 4.78 is 2.25. The monoisotopic (exact) mass is 511 g/mol. The smallest absolute Gasteiger partial charge is 0.250 e. The molecule has 0 saturated carbocycles. The molecular formula is C30H26ClN3OS. The summed E-state index contributed by atoms with van der Waals surface area (Å²) in [4.78, 5) is 13.6. The lowest BCUT2D eigenvalue weighted by molar-refractivity contribution is -0.118. The van der Waals surface area contributed by atoms with Crippen LogP contribution in [-0.4, -0.2) is 22.4 Å². The Morgan fingerprint density at radius 1 is 0.972 bits per heavy atom. The van der Waals surface area contributed by atoms with Gasteiger partial charge in [-0.1, -0.05) is 77.8 Å². The van der Waals surface area contributed by atoms with E-state index >= 15 is 0 Å². The number of hydrogen-bond acceptors (Lipinski definition) is 3. The van der Waals surface area contributed by atoms with Gasteiger partial charge in [-0.15, -0.1) is 11.8 Å². The van der Waals surface area contributed by atoms with Crippen molar-refractivity contribution in [2.45, 2.75) is 25.3 Å². The number of aryl methyl sites for hydroxylation is 1. The van der Waals surface area contributed by atoms with Crippen molar-refractivity contribution in [1.82, 2.24) is 9.99 Å². The highest BCUT2D eigenvalue weighted by Gasteiger charge is 2.14. The predicted octanol–water partition coefficient (Wildman–Crippen LogP) is 7.36. The summed E-state index contributed by atoms with van der Waals surface area (Å²) in [5.41, 5.74) is 8.10. The second-order valence-electron chi connectivity index (χ2n) is 8.76. The molecule has 0 radical (unpaired) electrons. The number of nitrogens with zero attached hydrogens (tertiary/aromatic N) is 2. The lowest BCUT2D eigenvalue weighted by Gasteiger charge is -2.10. The summed E-state index contributed by atoms with van der Waals surface area (Å²) >= 11 is 7.96. The zero-order chi connectivity index (χ0) is 25.1. The second-order valence-corrected chi connectivity index (χ2v) is 10.2. The third-order valence-corrected chi connectivity index (χ3v) is 7.75. The number of benzene rings is 4. The van der Waals surface area contributed by atoms with E-state index in [0.717, 1.165) is 43.0 Å². The molecule has 6 heteroatoms. The van der Waals surface area contributed by atoms with E-state index in [2.05, 4.69) is 65.3 Å². The fraction of sp³-hybridized carbons (Fsp3) is 0.133. The molecule has 5 aromatic rings. The van der Waals surface area contributed by atoms with Gasteiger partial charge in [0.15, 0.2) is 0 Å². The first kappa shape index (κ1) is 24.2. The van der Waals surface area contributed by atoms with Crippen molar-refractivity contribution in [2.24, 2.45) is 5.10 Å². The molecule has 1 heterocycles. The molecule has 0 spiro atoms. The first-order valence-electron chi connectivity index (χ1n) is 11.8. The van der Waals surface area contributed by atoms with E-state index in [1.807, 2.05) is 48.5 Å². The van der Waals surface area contributed by atoms with E-state index in [-0.39, 0.29) is 11.7 Å². The average Bonchev–Trinajstić information content (AvgIpc) is 3.14. The molecule has 0 saturated heterocycles. The number of amides is 1. The molecule has 4 nitrogen and oxygen atoms in total. The van der Waals surface area contributed by atoms with Gasteiger partial charge < -0.3 is 4.57 Å². The highest BCUT2D eigenvalue weighted by molar-refractivity contribution is 8.00. The number of carbonyl (C=O) groups excluding carboxylic acids is 1. The van der Waals surface area contributed by atoms with E-state index in [1.54, 1.807) is 6.21 Å².